The topological polar surface area (TPSA) is 49.4 Å². The lowest BCUT2D eigenvalue weighted by Crippen LogP contribution is -2.47. The molecule has 0 aromatic heterocycles. The second kappa shape index (κ2) is 10.6. The van der Waals surface area contributed by atoms with Gasteiger partial charge < -0.3 is 10.2 Å². The first-order chi connectivity index (χ1) is 12.9. The van der Waals surface area contributed by atoms with Crippen molar-refractivity contribution in [1.82, 2.24) is 10.2 Å². The van der Waals surface area contributed by atoms with Gasteiger partial charge in [0.2, 0.25) is 11.8 Å². The molecule has 2 amide bonds. The van der Waals surface area contributed by atoms with Crippen molar-refractivity contribution in [1.29, 1.82) is 0 Å². The maximum absolute atomic E-state index is 12.8. The van der Waals surface area contributed by atoms with E-state index in [-0.39, 0.29) is 17.6 Å². The van der Waals surface area contributed by atoms with Crippen LogP contribution >= 0.6 is 35.0 Å². The Morgan fingerprint density at radius 2 is 1.52 bits per heavy atom. The quantitative estimate of drug-likeness (QED) is 0.683. The standard InChI is InChI=1S/C20H22Cl2N2O2S/c1-14(20(26)23-2)24(11-15-3-7-17(21)8-4-15)19(25)13-27-12-16-5-9-18(22)10-6-16/h3-10,14H,11-13H2,1-2H3,(H,23,26)/t14-/m1/s1. The molecule has 2 rings (SSSR count). The highest BCUT2D eigenvalue weighted by atomic mass is 35.5. The van der Waals surface area contributed by atoms with E-state index in [9.17, 15) is 9.59 Å². The number of hydrogen-bond acceptors (Lipinski definition) is 3. The number of benzene rings is 2. The van der Waals surface area contributed by atoms with Gasteiger partial charge in [0.05, 0.1) is 5.75 Å². The molecule has 1 atom stereocenters. The molecule has 2 aromatic carbocycles. The molecule has 27 heavy (non-hydrogen) atoms. The molecule has 0 heterocycles. The predicted octanol–water partition coefficient (Wildman–Crippen LogP) is 4.39. The molecule has 144 valence electrons. The van der Waals surface area contributed by atoms with Gasteiger partial charge in [-0.25, -0.2) is 0 Å². The molecule has 7 heteroatoms. The summed E-state index contributed by atoms with van der Waals surface area (Å²) in [5.74, 6) is 0.712. The van der Waals surface area contributed by atoms with E-state index in [1.54, 1.807) is 31.0 Å². The van der Waals surface area contributed by atoms with Crippen LogP contribution in [0.4, 0.5) is 0 Å². The summed E-state index contributed by atoms with van der Waals surface area (Å²) in [5.41, 5.74) is 2.02. The smallest absolute Gasteiger partial charge is 0.242 e. The van der Waals surface area contributed by atoms with Gasteiger partial charge in [0.15, 0.2) is 0 Å². The number of carbonyl (C=O) groups is 2. The van der Waals surface area contributed by atoms with Crippen molar-refractivity contribution >= 4 is 46.8 Å². The van der Waals surface area contributed by atoms with E-state index >= 15 is 0 Å². The van der Waals surface area contributed by atoms with Gasteiger partial charge in [-0.2, -0.15) is 0 Å². The Kier molecular flexibility index (Phi) is 8.48. The van der Waals surface area contributed by atoms with Crippen LogP contribution in [0.25, 0.3) is 0 Å². The second-order valence-corrected chi connectivity index (χ2v) is 7.92. The highest BCUT2D eigenvalue weighted by molar-refractivity contribution is 7.99. The number of halogens is 2. The van der Waals surface area contributed by atoms with Gasteiger partial charge in [0, 0.05) is 29.4 Å². The predicted molar refractivity (Wildman–Crippen MR) is 113 cm³/mol. The maximum Gasteiger partial charge on any atom is 0.242 e. The highest BCUT2D eigenvalue weighted by Crippen LogP contribution is 2.18. The molecule has 0 fully saturated rings. The van der Waals surface area contributed by atoms with Crippen molar-refractivity contribution in [3.05, 3.63) is 69.7 Å². The monoisotopic (exact) mass is 424 g/mol. The van der Waals surface area contributed by atoms with Crippen molar-refractivity contribution in [2.45, 2.75) is 25.3 Å². The Labute approximate surface area is 174 Å². The van der Waals surface area contributed by atoms with Gasteiger partial charge in [0.25, 0.3) is 0 Å². The van der Waals surface area contributed by atoms with Crippen molar-refractivity contribution < 1.29 is 9.59 Å². The summed E-state index contributed by atoms with van der Waals surface area (Å²) in [4.78, 5) is 26.5. The molecule has 0 aliphatic heterocycles. The van der Waals surface area contributed by atoms with E-state index < -0.39 is 6.04 Å². The number of hydrogen-bond donors (Lipinski definition) is 1. The number of carbonyl (C=O) groups excluding carboxylic acids is 2. The van der Waals surface area contributed by atoms with E-state index in [1.165, 1.54) is 11.8 Å². The number of nitrogens with zero attached hydrogens (tertiary/aromatic N) is 1. The van der Waals surface area contributed by atoms with Crippen LogP contribution in [0.1, 0.15) is 18.1 Å². The first-order valence-corrected chi connectivity index (χ1v) is 10.4. The summed E-state index contributed by atoms with van der Waals surface area (Å²) in [7, 11) is 1.57. The Bertz CT molecular complexity index is 767. The minimum absolute atomic E-state index is 0.0833. The third-order valence-corrected chi connectivity index (χ3v) is 5.58. The average molecular weight is 425 g/mol. The molecule has 0 unspecified atom stereocenters. The molecular weight excluding hydrogens is 403 g/mol. The van der Waals surface area contributed by atoms with Gasteiger partial charge in [-0.1, -0.05) is 47.5 Å². The molecule has 0 aliphatic carbocycles. The molecule has 0 bridgehead atoms. The van der Waals surface area contributed by atoms with Crippen LogP contribution < -0.4 is 5.32 Å². The number of likely N-dealkylation sites (N-methyl/N-ethyl adjacent to an activating group) is 1. The summed E-state index contributed by atoms with van der Waals surface area (Å²) in [5, 5.41) is 3.93. The van der Waals surface area contributed by atoms with Crippen molar-refractivity contribution in [2.75, 3.05) is 12.8 Å². The molecule has 1 N–H and O–H groups in total. The first-order valence-electron chi connectivity index (χ1n) is 8.48. The minimum atomic E-state index is -0.561. The number of amides is 2. The van der Waals surface area contributed by atoms with Crippen LogP contribution in [0.5, 0.6) is 0 Å². The Balaban J connectivity index is 2.02. The van der Waals surface area contributed by atoms with Gasteiger partial charge in [-0.15, -0.1) is 11.8 Å². The van der Waals surface area contributed by atoms with Gasteiger partial charge in [-0.3, -0.25) is 9.59 Å². The Hall–Kier alpha value is -1.69. The largest absolute Gasteiger partial charge is 0.357 e. The lowest BCUT2D eigenvalue weighted by atomic mass is 10.1. The van der Waals surface area contributed by atoms with E-state index in [1.807, 2.05) is 36.4 Å². The molecule has 4 nitrogen and oxygen atoms in total. The van der Waals surface area contributed by atoms with Crippen molar-refractivity contribution in [3.8, 4) is 0 Å². The van der Waals surface area contributed by atoms with Crippen LogP contribution in [0.3, 0.4) is 0 Å². The van der Waals surface area contributed by atoms with E-state index in [0.717, 1.165) is 11.1 Å². The fourth-order valence-corrected chi connectivity index (χ4v) is 3.62. The summed E-state index contributed by atoms with van der Waals surface area (Å²) < 4.78 is 0. The maximum atomic E-state index is 12.8. The zero-order valence-corrected chi connectivity index (χ0v) is 17.6. The molecular formula is C20H22Cl2N2O2S. The SMILES string of the molecule is CNC(=O)[C@@H](C)N(Cc1ccc(Cl)cc1)C(=O)CSCc1ccc(Cl)cc1. The normalized spacial score (nSPS) is 11.7. The van der Waals surface area contributed by atoms with E-state index in [4.69, 9.17) is 23.2 Å². The van der Waals surface area contributed by atoms with Crippen molar-refractivity contribution in [2.24, 2.45) is 0 Å². The van der Waals surface area contributed by atoms with Crippen LogP contribution in [0.2, 0.25) is 10.0 Å². The lowest BCUT2D eigenvalue weighted by Gasteiger charge is -2.28. The summed E-state index contributed by atoms with van der Waals surface area (Å²) >= 11 is 13.3. The van der Waals surface area contributed by atoms with Gasteiger partial charge in [-0.05, 0) is 42.3 Å². The molecule has 0 radical (unpaired) electrons. The van der Waals surface area contributed by atoms with Crippen LogP contribution in [0, 0.1) is 0 Å². The second-order valence-electron chi connectivity index (χ2n) is 6.06. The zero-order chi connectivity index (χ0) is 19.8. The molecule has 0 saturated heterocycles. The average Bonchev–Trinajstić information content (AvgIpc) is 2.67. The Morgan fingerprint density at radius 3 is 2.04 bits per heavy atom. The van der Waals surface area contributed by atoms with Crippen molar-refractivity contribution in [3.63, 3.8) is 0 Å². The summed E-state index contributed by atoms with van der Waals surface area (Å²) in [6.45, 7) is 2.09. The fourth-order valence-electron chi connectivity index (χ4n) is 2.50. The van der Waals surface area contributed by atoms with Crippen LogP contribution in [-0.4, -0.2) is 35.6 Å². The molecule has 0 spiro atoms. The lowest BCUT2D eigenvalue weighted by molar-refractivity contribution is -0.138. The summed E-state index contributed by atoms with van der Waals surface area (Å²) in [6.07, 6.45) is 0. The van der Waals surface area contributed by atoms with Crippen LogP contribution in [0.15, 0.2) is 48.5 Å². The Morgan fingerprint density at radius 1 is 1.00 bits per heavy atom. The van der Waals surface area contributed by atoms with Gasteiger partial charge in [0.1, 0.15) is 6.04 Å². The minimum Gasteiger partial charge on any atom is -0.357 e. The summed E-state index contributed by atoms with van der Waals surface area (Å²) in [6, 6.07) is 14.3. The number of thioether (sulfide) groups is 1. The van der Waals surface area contributed by atoms with Gasteiger partial charge >= 0.3 is 0 Å². The van der Waals surface area contributed by atoms with E-state index in [0.29, 0.717) is 22.3 Å². The number of rotatable bonds is 8. The molecule has 0 aliphatic rings. The third-order valence-electron chi connectivity index (χ3n) is 4.09. The fraction of sp³-hybridized carbons (Fsp3) is 0.300. The molecule has 2 aromatic rings. The van der Waals surface area contributed by atoms with E-state index in [2.05, 4.69) is 5.32 Å². The first kappa shape index (κ1) is 21.6. The highest BCUT2D eigenvalue weighted by Gasteiger charge is 2.25. The molecule has 0 saturated carbocycles. The van der Waals surface area contributed by atoms with Crippen LogP contribution in [-0.2, 0) is 21.9 Å². The third kappa shape index (κ3) is 6.76. The number of nitrogens with one attached hydrogen (secondary N) is 1. The zero-order valence-electron chi connectivity index (χ0n) is 15.2.